The lowest BCUT2D eigenvalue weighted by Crippen LogP contribution is -2.29. The number of nitrogens with zero attached hydrogens (tertiary/aromatic N) is 1. The molecular formula is C22H21F3N2O3. The Hall–Kier alpha value is -3.29. The highest BCUT2D eigenvalue weighted by Gasteiger charge is 2.35. The molecule has 1 aromatic heterocycles. The Balaban J connectivity index is 2.09. The second-order valence-corrected chi connectivity index (χ2v) is 7.83. The maximum absolute atomic E-state index is 13.5. The van der Waals surface area contributed by atoms with E-state index in [1.54, 1.807) is 51.1 Å². The predicted molar refractivity (Wildman–Crippen MR) is 109 cm³/mol. The first kappa shape index (κ1) is 21.4. The fourth-order valence-electron chi connectivity index (χ4n) is 3.01. The Labute approximate surface area is 171 Å². The Morgan fingerprint density at radius 3 is 2.30 bits per heavy atom. The van der Waals surface area contributed by atoms with Gasteiger partial charge in [-0.2, -0.15) is 13.2 Å². The fourth-order valence-corrected chi connectivity index (χ4v) is 3.01. The van der Waals surface area contributed by atoms with Gasteiger partial charge >= 0.3 is 12.3 Å². The summed E-state index contributed by atoms with van der Waals surface area (Å²) in [5, 5.41) is 2.68. The molecule has 1 amide bonds. The van der Waals surface area contributed by atoms with Crippen molar-refractivity contribution in [3.8, 4) is 0 Å². The van der Waals surface area contributed by atoms with Crippen LogP contribution in [0.3, 0.4) is 0 Å². The average Bonchev–Trinajstić information content (AvgIpc) is 2.62. The third-order valence-corrected chi connectivity index (χ3v) is 4.23. The number of aromatic nitrogens is 1. The minimum Gasteiger partial charge on any atom is -0.444 e. The quantitative estimate of drug-likeness (QED) is 0.618. The van der Waals surface area contributed by atoms with Crippen LogP contribution in [0.15, 0.2) is 59.4 Å². The molecule has 0 unspecified atom stereocenters. The van der Waals surface area contributed by atoms with E-state index in [1.165, 1.54) is 18.2 Å². The average molecular weight is 418 g/mol. The van der Waals surface area contributed by atoms with Crippen LogP contribution in [0.1, 0.15) is 31.9 Å². The van der Waals surface area contributed by atoms with Gasteiger partial charge in [0, 0.05) is 11.1 Å². The summed E-state index contributed by atoms with van der Waals surface area (Å²) in [6.07, 6.45) is -5.53. The summed E-state index contributed by atoms with van der Waals surface area (Å²) >= 11 is 0. The predicted octanol–water partition coefficient (Wildman–Crippen LogP) is 5.42. The molecular weight excluding hydrogens is 397 g/mol. The molecule has 1 N–H and O–H groups in total. The summed E-state index contributed by atoms with van der Waals surface area (Å²) in [4.78, 5) is 24.6. The highest BCUT2D eigenvalue weighted by atomic mass is 19.4. The first-order valence-corrected chi connectivity index (χ1v) is 9.23. The van der Waals surface area contributed by atoms with Crippen molar-refractivity contribution in [2.75, 3.05) is 5.32 Å². The van der Waals surface area contributed by atoms with Gasteiger partial charge in [-0.25, -0.2) is 4.79 Å². The molecule has 2 aromatic carbocycles. The molecule has 3 rings (SSSR count). The zero-order valence-electron chi connectivity index (χ0n) is 16.7. The molecule has 1 heterocycles. The summed E-state index contributed by atoms with van der Waals surface area (Å²) in [7, 11) is 0. The molecule has 0 atom stereocenters. The van der Waals surface area contributed by atoms with E-state index in [0.29, 0.717) is 11.1 Å². The minimum atomic E-state index is -4.81. The topological polar surface area (TPSA) is 60.3 Å². The van der Waals surface area contributed by atoms with Crippen LogP contribution in [-0.4, -0.2) is 16.3 Å². The highest BCUT2D eigenvalue weighted by Crippen LogP contribution is 2.30. The van der Waals surface area contributed by atoms with Crippen molar-refractivity contribution in [2.24, 2.45) is 0 Å². The molecule has 0 bridgehead atoms. The molecule has 158 valence electrons. The van der Waals surface area contributed by atoms with Gasteiger partial charge in [-0.1, -0.05) is 30.3 Å². The van der Waals surface area contributed by atoms with Crippen molar-refractivity contribution < 1.29 is 22.7 Å². The van der Waals surface area contributed by atoms with Gasteiger partial charge in [-0.3, -0.25) is 10.1 Å². The van der Waals surface area contributed by atoms with Crippen LogP contribution in [0.25, 0.3) is 10.9 Å². The molecule has 0 spiro atoms. The number of pyridine rings is 1. The van der Waals surface area contributed by atoms with Gasteiger partial charge in [-0.05, 0) is 50.6 Å². The van der Waals surface area contributed by atoms with Crippen molar-refractivity contribution in [3.05, 3.63) is 76.1 Å². The zero-order valence-corrected chi connectivity index (χ0v) is 16.7. The minimum absolute atomic E-state index is 0.0149. The van der Waals surface area contributed by atoms with E-state index in [9.17, 15) is 22.8 Å². The van der Waals surface area contributed by atoms with Crippen molar-refractivity contribution in [1.29, 1.82) is 0 Å². The Kier molecular flexibility index (Phi) is 5.61. The van der Waals surface area contributed by atoms with Gasteiger partial charge in [0.05, 0.1) is 12.1 Å². The van der Waals surface area contributed by atoms with Crippen molar-refractivity contribution >= 4 is 22.7 Å². The van der Waals surface area contributed by atoms with Gasteiger partial charge in [0.25, 0.3) is 5.56 Å². The number of ether oxygens (including phenoxy) is 1. The number of nitrogens with one attached hydrogen (secondary N) is 1. The first-order chi connectivity index (χ1) is 13.9. The van der Waals surface area contributed by atoms with E-state index in [1.807, 2.05) is 0 Å². The zero-order chi connectivity index (χ0) is 22.1. The maximum Gasteiger partial charge on any atom is 0.421 e. The number of amides is 1. The van der Waals surface area contributed by atoms with Crippen LogP contribution in [0.4, 0.5) is 23.7 Å². The van der Waals surface area contributed by atoms with Crippen LogP contribution in [0, 0.1) is 0 Å². The van der Waals surface area contributed by atoms with Crippen LogP contribution in [0.5, 0.6) is 0 Å². The third kappa shape index (κ3) is 5.00. The van der Waals surface area contributed by atoms with Crippen LogP contribution >= 0.6 is 0 Å². The number of anilines is 1. The molecule has 30 heavy (non-hydrogen) atoms. The van der Waals surface area contributed by atoms with Crippen LogP contribution < -0.4 is 10.9 Å². The molecule has 0 aliphatic heterocycles. The van der Waals surface area contributed by atoms with Crippen molar-refractivity contribution in [1.82, 2.24) is 4.57 Å². The largest absolute Gasteiger partial charge is 0.444 e. The molecule has 3 aromatic rings. The second-order valence-electron chi connectivity index (χ2n) is 7.83. The standard InChI is InChI=1S/C22H21F3N2O3/c1-21(2,3)30-20(29)26-16-9-10-18-15(11-16)12-17(22(23,24)25)19(28)27(18)13-14-7-5-4-6-8-14/h4-12H,13H2,1-3H3,(H,26,29). The van der Waals surface area contributed by atoms with Gasteiger partial charge in [0.15, 0.2) is 0 Å². The number of hydrogen-bond donors (Lipinski definition) is 1. The molecule has 0 radical (unpaired) electrons. The van der Waals surface area contributed by atoms with E-state index in [0.717, 1.165) is 10.6 Å². The fraction of sp³-hybridized carbons (Fsp3) is 0.273. The summed E-state index contributed by atoms with van der Waals surface area (Å²) in [6, 6.07) is 14.0. The van der Waals surface area contributed by atoms with Crippen molar-refractivity contribution in [2.45, 2.75) is 39.1 Å². The van der Waals surface area contributed by atoms with E-state index >= 15 is 0 Å². The SMILES string of the molecule is CC(C)(C)OC(=O)Nc1ccc2c(c1)cc(C(F)(F)F)c(=O)n2Cc1ccccc1. The van der Waals surface area contributed by atoms with E-state index in [2.05, 4.69) is 5.32 Å². The van der Waals surface area contributed by atoms with Gasteiger partial charge in [0.1, 0.15) is 11.2 Å². The second kappa shape index (κ2) is 7.85. The molecule has 0 saturated carbocycles. The molecule has 8 heteroatoms. The Morgan fingerprint density at radius 1 is 1.03 bits per heavy atom. The lowest BCUT2D eigenvalue weighted by Gasteiger charge is -2.20. The summed E-state index contributed by atoms with van der Waals surface area (Å²) in [6.45, 7) is 5.08. The van der Waals surface area contributed by atoms with Crippen molar-refractivity contribution in [3.63, 3.8) is 0 Å². The number of fused-ring (bicyclic) bond motifs is 1. The first-order valence-electron chi connectivity index (χ1n) is 9.23. The lowest BCUT2D eigenvalue weighted by molar-refractivity contribution is -0.138. The Morgan fingerprint density at radius 2 is 1.70 bits per heavy atom. The summed E-state index contributed by atoms with van der Waals surface area (Å²) in [5.74, 6) is 0. The van der Waals surface area contributed by atoms with Gasteiger partial charge in [0.2, 0.25) is 0 Å². The van der Waals surface area contributed by atoms with Gasteiger partial charge < -0.3 is 9.30 Å². The van der Waals surface area contributed by atoms with E-state index in [4.69, 9.17) is 4.74 Å². The molecule has 0 aliphatic rings. The number of hydrogen-bond acceptors (Lipinski definition) is 3. The monoisotopic (exact) mass is 418 g/mol. The summed E-state index contributed by atoms with van der Waals surface area (Å²) < 4.78 is 46.7. The lowest BCUT2D eigenvalue weighted by atomic mass is 10.1. The Bertz CT molecular complexity index is 1130. The molecule has 0 saturated heterocycles. The molecule has 0 fully saturated rings. The highest BCUT2D eigenvalue weighted by molar-refractivity contribution is 5.90. The van der Waals surface area contributed by atoms with Crippen LogP contribution in [0.2, 0.25) is 0 Å². The maximum atomic E-state index is 13.5. The number of rotatable bonds is 3. The van der Waals surface area contributed by atoms with E-state index in [-0.39, 0.29) is 17.6 Å². The number of carbonyl (C=O) groups excluding carboxylic acids is 1. The molecule has 5 nitrogen and oxygen atoms in total. The smallest absolute Gasteiger partial charge is 0.421 e. The molecule has 0 aliphatic carbocycles. The van der Waals surface area contributed by atoms with E-state index < -0.39 is 29.0 Å². The number of carbonyl (C=O) groups is 1. The third-order valence-electron chi connectivity index (χ3n) is 4.23. The normalized spacial score (nSPS) is 12.1. The summed E-state index contributed by atoms with van der Waals surface area (Å²) in [5.41, 5.74) is -1.83. The van der Waals surface area contributed by atoms with Crippen LogP contribution in [-0.2, 0) is 17.5 Å². The number of benzene rings is 2. The van der Waals surface area contributed by atoms with Gasteiger partial charge in [-0.15, -0.1) is 0 Å². The number of alkyl halides is 3. The number of halogens is 3.